The maximum Gasteiger partial charge on any atom is 0.273 e. The first-order chi connectivity index (χ1) is 11.6. The number of phenols is 1. The van der Waals surface area contributed by atoms with Gasteiger partial charge in [0.25, 0.3) is 5.91 Å². The van der Waals surface area contributed by atoms with Crippen molar-refractivity contribution in [2.75, 3.05) is 14.2 Å². The Bertz CT molecular complexity index is 735. The van der Waals surface area contributed by atoms with Gasteiger partial charge in [-0.2, -0.15) is 5.10 Å². The second-order valence-corrected chi connectivity index (χ2v) is 5.67. The molecule has 0 unspecified atom stereocenters. The highest BCUT2D eigenvalue weighted by molar-refractivity contribution is 9.10. The molecule has 0 aliphatic carbocycles. The van der Waals surface area contributed by atoms with Crippen LogP contribution >= 0.6 is 15.9 Å². The molecule has 0 aromatic heterocycles. The number of aromatic hydroxyl groups is 1. The summed E-state index contributed by atoms with van der Waals surface area (Å²) in [6.07, 6.45) is 0.701. The van der Waals surface area contributed by atoms with Crippen LogP contribution in [0.5, 0.6) is 11.5 Å². The molecule has 126 valence electrons. The highest BCUT2D eigenvalue weighted by Crippen LogP contribution is 2.34. The summed E-state index contributed by atoms with van der Waals surface area (Å²) in [5.74, 6) is -0.0804. The molecule has 0 radical (unpaired) electrons. The van der Waals surface area contributed by atoms with E-state index in [9.17, 15) is 9.90 Å². The van der Waals surface area contributed by atoms with Gasteiger partial charge in [-0.15, -0.1) is 0 Å². The molecule has 0 aliphatic heterocycles. The summed E-state index contributed by atoms with van der Waals surface area (Å²) in [6, 6.07) is 12.4. The monoisotopic (exact) mass is 392 g/mol. The van der Waals surface area contributed by atoms with Crippen molar-refractivity contribution in [1.82, 2.24) is 5.43 Å². The summed E-state index contributed by atoms with van der Waals surface area (Å²) in [6.45, 7) is 0. The van der Waals surface area contributed by atoms with Gasteiger partial charge >= 0.3 is 0 Å². The van der Waals surface area contributed by atoms with Crippen LogP contribution in [0.2, 0.25) is 0 Å². The number of hydrogen-bond donors (Lipinski definition) is 2. The third-order valence-electron chi connectivity index (χ3n) is 3.24. The fraction of sp³-hybridized carbons (Fsp3) is 0.176. The number of hydrogen-bond acceptors (Lipinski definition) is 5. The predicted octanol–water partition coefficient (Wildman–Crippen LogP) is 3.00. The number of amides is 1. The second kappa shape index (κ2) is 8.47. The van der Waals surface area contributed by atoms with Gasteiger partial charge in [-0.3, -0.25) is 4.79 Å². The quantitative estimate of drug-likeness (QED) is 0.584. The van der Waals surface area contributed by atoms with Gasteiger partial charge in [0.2, 0.25) is 0 Å². The normalized spacial score (nSPS) is 12.1. The van der Waals surface area contributed by atoms with E-state index in [4.69, 9.17) is 9.47 Å². The Balaban J connectivity index is 2.08. The number of nitrogens with one attached hydrogen (secondary N) is 1. The van der Waals surface area contributed by atoms with Gasteiger partial charge in [0.1, 0.15) is 0 Å². The number of halogens is 1. The average molecular weight is 393 g/mol. The summed E-state index contributed by atoms with van der Waals surface area (Å²) < 4.78 is 10.8. The van der Waals surface area contributed by atoms with Crippen LogP contribution in [0.4, 0.5) is 0 Å². The molecule has 0 heterocycles. The lowest BCUT2D eigenvalue weighted by atomic mass is 10.1. The fourth-order valence-corrected chi connectivity index (χ4v) is 2.54. The third-order valence-corrected chi connectivity index (χ3v) is 3.84. The van der Waals surface area contributed by atoms with Gasteiger partial charge < -0.3 is 14.6 Å². The zero-order valence-electron chi connectivity index (χ0n) is 13.2. The minimum atomic E-state index is -0.746. The summed E-state index contributed by atoms with van der Waals surface area (Å²) in [7, 11) is 2.91. The van der Waals surface area contributed by atoms with Gasteiger partial charge in [-0.25, -0.2) is 5.43 Å². The molecule has 2 aromatic rings. The van der Waals surface area contributed by atoms with E-state index >= 15 is 0 Å². The first-order valence-corrected chi connectivity index (χ1v) is 7.83. The second-order valence-electron chi connectivity index (χ2n) is 4.81. The molecule has 0 fully saturated rings. The summed E-state index contributed by atoms with van der Waals surface area (Å²) in [4.78, 5) is 12.2. The Labute approximate surface area is 148 Å². The molecule has 1 atom stereocenters. The van der Waals surface area contributed by atoms with Crippen LogP contribution in [-0.2, 0) is 9.53 Å². The Hall–Kier alpha value is -2.38. The number of methoxy groups -OCH3 is 2. The maximum atomic E-state index is 12.2. The first-order valence-electron chi connectivity index (χ1n) is 7.04. The molecular weight excluding hydrogens is 376 g/mol. The highest BCUT2D eigenvalue weighted by Gasteiger charge is 2.19. The number of carbonyl (C=O) groups excluding carboxylic acids is 1. The number of carbonyl (C=O) groups is 1. The molecule has 1 amide bonds. The molecule has 0 aliphatic rings. The van der Waals surface area contributed by atoms with Crippen molar-refractivity contribution in [1.29, 1.82) is 0 Å². The van der Waals surface area contributed by atoms with E-state index in [0.29, 0.717) is 15.8 Å². The minimum Gasteiger partial charge on any atom is -0.503 e. The zero-order chi connectivity index (χ0) is 17.5. The van der Waals surface area contributed by atoms with E-state index in [1.54, 1.807) is 24.3 Å². The van der Waals surface area contributed by atoms with Crippen LogP contribution in [0.15, 0.2) is 52.0 Å². The molecule has 0 saturated heterocycles. The Morgan fingerprint density at radius 1 is 1.29 bits per heavy atom. The lowest BCUT2D eigenvalue weighted by molar-refractivity contribution is -0.131. The van der Waals surface area contributed by atoms with Gasteiger partial charge in [-0.05, 0) is 39.2 Å². The van der Waals surface area contributed by atoms with Gasteiger partial charge in [0.05, 0.1) is 17.8 Å². The number of hydrazone groups is 1. The molecule has 2 N–H and O–H groups in total. The van der Waals surface area contributed by atoms with Crippen LogP contribution in [0.3, 0.4) is 0 Å². The number of ether oxygens (including phenoxy) is 2. The summed E-state index contributed by atoms with van der Waals surface area (Å²) >= 11 is 3.22. The van der Waals surface area contributed by atoms with E-state index < -0.39 is 6.10 Å². The predicted molar refractivity (Wildman–Crippen MR) is 94.3 cm³/mol. The van der Waals surface area contributed by atoms with Crippen LogP contribution in [0.1, 0.15) is 17.2 Å². The minimum absolute atomic E-state index is 0.00205. The van der Waals surface area contributed by atoms with Gasteiger partial charge in [0, 0.05) is 7.11 Å². The largest absolute Gasteiger partial charge is 0.503 e. The first kappa shape index (κ1) is 18.0. The molecule has 2 aromatic carbocycles. The fourth-order valence-electron chi connectivity index (χ4n) is 2.08. The molecule has 7 heteroatoms. The SMILES string of the molecule is COc1cc(/C=N/NC(=O)[C@H](OC)c2ccccc2)cc(Br)c1O. The molecule has 0 bridgehead atoms. The van der Waals surface area contributed by atoms with Crippen molar-refractivity contribution in [3.8, 4) is 11.5 Å². The Kier molecular flexibility index (Phi) is 6.34. The lowest BCUT2D eigenvalue weighted by Crippen LogP contribution is -2.26. The third kappa shape index (κ3) is 4.33. The van der Waals surface area contributed by atoms with Crippen LogP contribution in [-0.4, -0.2) is 31.4 Å². The van der Waals surface area contributed by atoms with E-state index in [2.05, 4.69) is 26.5 Å². The van der Waals surface area contributed by atoms with Crippen molar-refractivity contribution in [3.63, 3.8) is 0 Å². The van der Waals surface area contributed by atoms with E-state index in [-0.39, 0.29) is 11.7 Å². The van der Waals surface area contributed by atoms with Crippen molar-refractivity contribution in [3.05, 3.63) is 58.1 Å². The number of phenolic OH excluding ortho intramolecular Hbond substituents is 1. The smallest absolute Gasteiger partial charge is 0.273 e. The van der Waals surface area contributed by atoms with E-state index in [1.807, 2.05) is 18.2 Å². The Morgan fingerprint density at radius 2 is 2.00 bits per heavy atom. The lowest BCUT2D eigenvalue weighted by Gasteiger charge is -2.13. The zero-order valence-corrected chi connectivity index (χ0v) is 14.8. The van der Waals surface area contributed by atoms with E-state index in [0.717, 1.165) is 5.56 Å². The van der Waals surface area contributed by atoms with Gasteiger partial charge in [-0.1, -0.05) is 30.3 Å². The molecule has 6 nitrogen and oxygen atoms in total. The number of benzene rings is 2. The molecule has 24 heavy (non-hydrogen) atoms. The van der Waals surface area contributed by atoms with Crippen LogP contribution in [0, 0.1) is 0 Å². The van der Waals surface area contributed by atoms with Gasteiger partial charge in [0.15, 0.2) is 17.6 Å². The Morgan fingerprint density at radius 3 is 2.62 bits per heavy atom. The van der Waals surface area contributed by atoms with Crippen molar-refractivity contribution in [2.45, 2.75) is 6.10 Å². The molecule has 0 saturated carbocycles. The number of nitrogens with zero attached hydrogens (tertiary/aromatic N) is 1. The van der Waals surface area contributed by atoms with Crippen LogP contribution < -0.4 is 10.2 Å². The van der Waals surface area contributed by atoms with E-state index in [1.165, 1.54) is 20.4 Å². The standard InChI is InChI=1S/C17H17BrN2O4/c1-23-14-9-11(8-13(18)15(14)21)10-19-20-17(22)16(24-2)12-6-4-3-5-7-12/h3-10,16,21H,1-2H3,(H,20,22)/b19-10+/t16-/m1/s1. The molecular formula is C17H17BrN2O4. The molecule has 0 spiro atoms. The number of rotatable bonds is 6. The maximum absolute atomic E-state index is 12.2. The van der Waals surface area contributed by atoms with Crippen LogP contribution in [0.25, 0.3) is 0 Å². The average Bonchev–Trinajstić information content (AvgIpc) is 2.59. The molecule has 2 rings (SSSR count). The van der Waals surface area contributed by atoms with Crippen molar-refractivity contribution < 1.29 is 19.4 Å². The topological polar surface area (TPSA) is 80.2 Å². The van der Waals surface area contributed by atoms with Crippen molar-refractivity contribution in [2.24, 2.45) is 5.10 Å². The van der Waals surface area contributed by atoms with Crippen molar-refractivity contribution >= 4 is 28.1 Å². The highest BCUT2D eigenvalue weighted by atomic mass is 79.9. The summed E-state index contributed by atoms with van der Waals surface area (Å²) in [5.41, 5.74) is 3.82. The summed E-state index contributed by atoms with van der Waals surface area (Å²) in [5, 5.41) is 13.7.